The summed E-state index contributed by atoms with van der Waals surface area (Å²) in [6, 6.07) is 18.5. The van der Waals surface area contributed by atoms with Crippen molar-refractivity contribution in [1.82, 2.24) is 0 Å². The van der Waals surface area contributed by atoms with Gasteiger partial charge in [-0.25, -0.2) is 4.39 Å². The van der Waals surface area contributed by atoms with Crippen LogP contribution in [0, 0.1) is 5.82 Å². The highest BCUT2D eigenvalue weighted by Crippen LogP contribution is 2.40. The van der Waals surface area contributed by atoms with Crippen LogP contribution in [0.1, 0.15) is 22.3 Å². The lowest BCUT2D eigenvalue weighted by atomic mass is 10.1. The Morgan fingerprint density at radius 2 is 1.65 bits per heavy atom. The van der Waals surface area contributed by atoms with Crippen LogP contribution in [0.4, 0.5) is 40.3 Å². The fourth-order valence-electron chi connectivity index (χ4n) is 4.24. The second-order valence-electron chi connectivity index (χ2n) is 8.32. The summed E-state index contributed by atoms with van der Waals surface area (Å²) in [6.45, 7) is 0. The summed E-state index contributed by atoms with van der Waals surface area (Å²) in [7, 11) is 0. The second kappa shape index (κ2) is 9.05. The van der Waals surface area contributed by atoms with E-state index in [4.69, 9.17) is 0 Å². The molecule has 0 aliphatic carbocycles. The van der Waals surface area contributed by atoms with E-state index >= 15 is 0 Å². The SMILES string of the molecule is O=C1CC(=O)N(c2ccc(NC(=O)c3ccc(F)cc3C(F)(F)F)cc2)c2ccc3ccccc3c2N1. The van der Waals surface area contributed by atoms with E-state index in [0.717, 1.165) is 22.9 Å². The molecule has 2 N–H and O–H groups in total. The van der Waals surface area contributed by atoms with Gasteiger partial charge in [-0.1, -0.05) is 30.3 Å². The molecule has 1 aliphatic heterocycles. The van der Waals surface area contributed by atoms with Crippen LogP contribution in [0.25, 0.3) is 10.8 Å². The molecule has 0 spiro atoms. The molecular formula is C27H17F4N3O3. The molecule has 0 saturated carbocycles. The van der Waals surface area contributed by atoms with Crippen LogP contribution in [0.15, 0.2) is 78.9 Å². The molecule has 0 unspecified atom stereocenters. The van der Waals surface area contributed by atoms with Crippen LogP contribution < -0.4 is 15.5 Å². The third kappa shape index (κ3) is 4.61. The van der Waals surface area contributed by atoms with Gasteiger partial charge < -0.3 is 10.6 Å². The Labute approximate surface area is 207 Å². The van der Waals surface area contributed by atoms with E-state index in [1.807, 2.05) is 30.3 Å². The molecule has 0 saturated heterocycles. The largest absolute Gasteiger partial charge is 0.417 e. The number of carbonyl (C=O) groups excluding carboxylic acids is 3. The first-order chi connectivity index (χ1) is 17.6. The molecule has 0 atom stereocenters. The number of benzene rings is 4. The molecule has 1 heterocycles. The van der Waals surface area contributed by atoms with E-state index in [1.165, 1.54) is 29.2 Å². The standard InChI is InChI=1S/C27H17F4N3O3/c28-16-6-11-20(21(13-16)27(29,30)31)26(37)32-17-7-9-18(10-8-17)34-22-12-5-15-3-1-2-4-19(15)25(22)33-23(35)14-24(34)36/h1-13H,14H2,(H,32,37)(H,33,35). The minimum atomic E-state index is -4.92. The molecule has 0 radical (unpaired) electrons. The molecule has 5 rings (SSSR count). The minimum Gasteiger partial charge on any atom is -0.323 e. The van der Waals surface area contributed by atoms with Crippen molar-refractivity contribution >= 4 is 51.2 Å². The van der Waals surface area contributed by atoms with Crippen molar-refractivity contribution in [2.75, 3.05) is 15.5 Å². The van der Waals surface area contributed by atoms with Gasteiger partial charge in [0, 0.05) is 16.8 Å². The number of halogens is 4. The van der Waals surface area contributed by atoms with Gasteiger partial charge in [-0.05, 0) is 53.9 Å². The quantitative estimate of drug-likeness (QED) is 0.254. The molecule has 1 aliphatic rings. The van der Waals surface area contributed by atoms with E-state index in [9.17, 15) is 31.9 Å². The molecule has 6 nitrogen and oxygen atoms in total. The highest BCUT2D eigenvalue weighted by Gasteiger charge is 2.36. The molecule has 0 aromatic heterocycles. The number of rotatable bonds is 3. The van der Waals surface area contributed by atoms with Crippen molar-refractivity contribution in [1.29, 1.82) is 0 Å². The average Bonchev–Trinajstić information content (AvgIpc) is 2.98. The van der Waals surface area contributed by atoms with Gasteiger partial charge in [0.05, 0.1) is 22.5 Å². The first-order valence-electron chi connectivity index (χ1n) is 11.0. The van der Waals surface area contributed by atoms with Gasteiger partial charge in [0.1, 0.15) is 12.2 Å². The third-order valence-corrected chi connectivity index (χ3v) is 5.89. The van der Waals surface area contributed by atoms with Crippen molar-refractivity contribution in [2.45, 2.75) is 12.6 Å². The van der Waals surface area contributed by atoms with Crippen molar-refractivity contribution in [3.8, 4) is 0 Å². The Kier molecular flexibility index (Phi) is 5.87. The summed E-state index contributed by atoms with van der Waals surface area (Å²) in [6.07, 6.45) is -5.32. The Bertz CT molecular complexity index is 1570. The van der Waals surface area contributed by atoms with Gasteiger partial charge in [-0.3, -0.25) is 19.3 Å². The Hall–Kier alpha value is -4.73. The number of alkyl halides is 3. The van der Waals surface area contributed by atoms with Crippen molar-refractivity contribution in [2.24, 2.45) is 0 Å². The van der Waals surface area contributed by atoms with Crippen molar-refractivity contribution in [3.05, 3.63) is 95.8 Å². The molecule has 10 heteroatoms. The van der Waals surface area contributed by atoms with Gasteiger partial charge in [0.15, 0.2) is 0 Å². The van der Waals surface area contributed by atoms with Gasteiger partial charge in [0.25, 0.3) is 5.91 Å². The van der Waals surface area contributed by atoms with Crippen LogP contribution in [0.5, 0.6) is 0 Å². The lowest BCUT2D eigenvalue weighted by Gasteiger charge is -2.23. The van der Waals surface area contributed by atoms with E-state index in [0.29, 0.717) is 17.1 Å². The number of carbonyl (C=O) groups is 3. The smallest absolute Gasteiger partial charge is 0.323 e. The van der Waals surface area contributed by atoms with E-state index in [1.54, 1.807) is 6.07 Å². The number of fused-ring (bicyclic) bond motifs is 3. The topological polar surface area (TPSA) is 78.5 Å². The molecule has 37 heavy (non-hydrogen) atoms. The summed E-state index contributed by atoms with van der Waals surface area (Å²) < 4.78 is 53.2. The summed E-state index contributed by atoms with van der Waals surface area (Å²) in [5, 5.41) is 6.77. The van der Waals surface area contributed by atoms with Crippen molar-refractivity contribution < 1.29 is 31.9 Å². The Morgan fingerprint density at radius 3 is 2.38 bits per heavy atom. The molecule has 186 valence electrons. The van der Waals surface area contributed by atoms with Crippen LogP contribution in [-0.2, 0) is 15.8 Å². The lowest BCUT2D eigenvalue weighted by Crippen LogP contribution is -2.26. The van der Waals surface area contributed by atoms with Crippen LogP contribution in [-0.4, -0.2) is 17.7 Å². The van der Waals surface area contributed by atoms with E-state index < -0.39 is 47.3 Å². The molecule has 0 fully saturated rings. The number of hydrogen-bond donors (Lipinski definition) is 2. The van der Waals surface area contributed by atoms with Crippen LogP contribution >= 0.6 is 0 Å². The minimum absolute atomic E-state index is 0.154. The zero-order valence-electron chi connectivity index (χ0n) is 18.9. The lowest BCUT2D eigenvalue weighted by molar-refractivity contribution is -0.138. The first-order valence-corrected chi connectivity index (χ1v) is 11.0. The summed E-state index contributed by atoms with van der Waals surface area (Å²) >= 11 is 0. The fraction of sp³-hybridized carbons (Fsp3) is 0.0741. The predicted octanol–water partition coefficient (Wildman–Crippen LogP) is 6.26. The van der Waals surface area contributed by atoms with Crippen molar-refractivity contribution in [3.63, 3.8) is 0 Å². The predicted molar refractivity (Wildman–Crippen MR) is 130 cm³/mol. The summed E-state index contributed by atoms with van der Waals surface area (Å²) in [5.41, 5.74) is -0.658. The Morgan fingerprint density at radius 1 is 0.919 bits per heavy atom. The monoisotopic (exact) mass is 507 g/mol. The normalized spacial score (nSPS) is 13.7. The van der Waals surface area contributed by atoms with Gasteiger partial charge in [-0.15, -0.1) is 0 Å². The molecule has 4 aromatic rings. The number of amides is 3. The third-order valence-electron chi connectivity index (χ3n) is 5.89. The zero-order chi connectivity index (χ0) is 26.3. The summed E-state index contributed by atoms with van der Waals surface area (Å²) in [4.78, 5) is 39.3. The van der Waals surface area contributed by atoms with E-state index in [2.05, 4.69) is 10.6 Å². The maximum atomic E-state index is 13.4. The van der Waals surface area contributed by atoms with Gasteiger partial charge in [0.2, 0.25) is 11.8 Å². The van der Waals surface area contributed by atoms with E-state index in [-0.39, 0.29) is 11.8 Å². The molecule has 0 bridgehead atoms. The zero-order valence-corrected chi connectivity index (χ0v) is 18.9. The number of nitrogens with one attached hydrogen (secondary N) is 2. The highest BCUT2D eigenvalue weighted by molar-refractivity contribution is 6.21. The van der Waals surface area contributed by atoms with Gasteiger partial charge >= 0.3 is 6.18 Å². The van der Waals surface area contributed by atoms with Crippen LogP contribution in [0.2, 0.25) is 0 Å². The molecular weight excluding hydrogens is 490 g/mol. The number of nitrogens with zero attached hydrogens (tertiary/aromatic N) is 1. The second-order valence-corrected chi connectivity index (χ2v) is 8.32. The maximum absolute atomic E-state index is 13.4. The van der Waals surface area contributed by atoms with Gasteiger partial charge in [-0.2, -0.15) is 13.2 Å². The number of anilines is 4. The highest BCUT2D eigenvalue weighted by atomic mass is 19.4. The molecule has 4 aromatic carbocycles. The Balaban J connectivity index is 1.47. The summed E-state index contributed by atoms with van der Waals surface area (Å²) in [5.74, 6) is -3.13. The maximum Gasteiger partial charge on any atom is 0.417 e. The van der Waals surface area contributed by atoms with Crippen LogP contribution in [0.3, 0.4) is 0 Å². The molecule has 3 amide bonds. The average molecular weight is 507 g/mol. The number of hydrogen-bond acceptors (Lipinski definition) is 3. The fourth-order valence-corrected chi connectivity index (χ4v) is 4.24. The first kappa shape index (κ1) is 24.0.